The van der Waals surface area contributed by atoms with E-state index < -0.39 is 5.41 Å². The van der Waals surface area contributed by atoms with Crippen LogP contribution in [-0.4, -0.2) is 0 Å². The second kappa shape index (κ2) is 13.7. The van der Waals surface area contributed by atoms with Crippen LogP contribution in [0.2, 0.25) is 0 Å². The van der Waals surface area contributed by atoms with Gasteiger partial charge < -0.3 is 4.90 Å². The molecule has 0 saturated heterocycles. The molecule has 1 heteroatoms. The number of hydrogen-bond donors (Lipinski definition) is 0. The quantitative estimate of drug-likeness (QED) is 0.157. The normalized spacial score (nSPS) is 13.9. The van der Waals surface area contributed by atoms with E-state index in [2.05, 4.69) is 243 Å². The summed E-state index contributed by atoms with van der Waals surface area (Å²) < 4.78 is 0. The molecule has 2 aliphatic rings. The molecular weight excluding hydrogens is 711 g/mol. The predicted octanol–water partition coefficient (Wildman–Crippen LogP) is 15.2. The summed E-state index contributed by atoms with van der Waals surface area (Å²) in [7, 11) is 0. The van der Waals surface area contributed by atoms with Gasteiger partial charge in [-0.1, -0.05) is 196 Å². The van der Waals surface area contributed by atoms with Crippen molar-refractivity contribution < 1.29 is 0 Å². The molecular formula is C58H43N. The number of anilines is 3. The minimum atomic E-state index is -0.397. The van der Waals surface area contributed by atoms with E-state index in [0.29, 0.717) is 0 Å². The van der Waals surface area contributed by atoms with E-state index in [1.807, 2.05) is 0 Å². The van der Waals surface area contributed by atoms with Gasteiger partial charge in [0.05, 0.1) is 5.41 Å². The largest absolute Gasteiger partial charge is 0.311 e. The SMILES string of the molecule is CC1(C)c2ccccc2-c2ccc(-c3ccc(N(c4ccccc4)c4ccc(-c5ccc(C6(c7ccccc7)c7ccccc7-c7ccccc76)cc5)cc4)cc3)cc21. The first-order valence-electron chi connectivity index (χ1n) is 20.7. The lowest BCUT2D eigenvalue weighted by Crippen LogP contribution is -2.28. The lowest BCUT2D eigenvalue weighted by atomic mass is 9.67. The van der Waals surface area contributed by atoms with Crippen molar-refractivity contribution in [2.45, 2.75) is 24.7 Å². The highest BCUT2D eigenvalue weighted by molar-refractivity contribution is 5.87. The Kier molecular flexibility index (Phi) is 8.13. The molecule has 0 bridgehead atoms. The molecule has 2 aliphatic carbocycles. The van der Waals surface area contributed by atoms with Crippen molar-refractivity contribution in [3.8, 4) is 44.5 Å². The summed E-state index contributed by atoms with van der Waals surface area (Å²) in [4.78, 5) is 2.34. The molecule has 0 aliphatic heterocycles. The van der Waals surface area contributed by atoms with Crippen molar-refractivity contribution in [3.63, 3.8) is 0 Å². The zero-order chi connectivity index (χ0) is 39.6. The van der Waals surface area contributed by atoms with Gasteiger partial charge in [-0.15, -0.1) is 0 Å². The van der Waals surface area contributed by atoms with Crippen molar-refractivity contribution in [2.24, 2.45) is 0 Å². The Hall–Kier alpha value is -7.22. The Morgan fingerprint density at radius 3 is 1.22 bits per heavy atom. The van der Waals surface area contributed by atoms with Gasteiger partial charge in [-0.25, -0.2) is 0 Å². The van der Waals surface area contributed by atoms with Gasteiger partial charge in [0.15, 0.2) is 0 Å². The highest BCUT2D eigenvalue weighted by atomic mass is 15.1. The minimum absolute atomic E-state index is 0.0288. The zero-order valence-corrected chi connectivity index (χ0v) is 33.3. The first kappa shape index (κ1) is 35.0. The van der Waals surface area contributed by atoms with Crippen LogP contribution in [0.4, 0.5) is 17.1 Å². The summed E-state index contributed by atoms with van der Waals surface area (Å²) in [6.07, 6.45) is 0. The molecule has 280 valence electrons. The van der Waals surface area contributed by atoms with E-state index in [-0.39, 0.29) is 5.41 Å². The summed E-state index contributed by atoms with van der Waals surface area (Å²) >= 11 is 0. The summed E-state index contributed by atoms with van der Waals surface area (Å²) in [5.41, 5.74) is 21.1. The molecule has 0 amide bonds. The third kappa shape index (κ3) is 5.46. The Balaban J connectivity index is 0.921. The lowest BCUT2D eigenvalue weighted by Gasteiger charge is -2.34. The van der Waals surface area contributed by atoms with Crippen molar-refractivity contribution in [3.05, 3.63) is 258 Å². The lowest BCUT2D eigenvalue weighted by molar-refractivity contribution is 0.660. The van der Waals surface area contributed by atoms with Gasteiger partial charge in [0, 0.05) is 22.5 Å². The average Bonchev–Trinajstić information content (AvgIpc) is 3.73. The Morgan fingerprint density at radius 1 is 0.288 bits per heavy atom. The maximum absolute atomic E-state index is 2.40. The van der Waals surface area contributed by atoms with Crippen molar-refractivity contribution in [2.75, 3.05) is 4.90 Å². The van der Waals surface area contributed by atoms with Crippen molar-refractivity contribution >= 4 is 17.1 Å². The van der Waals surface area contributed by atoms with Gasteiger partial charge in [-0.2, -0.15) is 0 Å². The van der Waals surface area contributed by atoms with E-state index in [1.54, 1.807) is 0 Å². The van der Waals surface area contributed by atoms with Crippen molar-refractivity contribution in [1.29, 1.82) is 0 Å². The minimum Gasteiger partial charge on any atom is -0.311 e. The first-order valence-corrected chi connectivity index (χ1v) is 20.7. The fourth-order valence-corrected chi connectivity index (χ4v) is 10.1. The number of fused-ring (bicyclic) bond motifs is 6. The molecule has 9 aromatic carbocycles. The molecule has 0 fully saturated rings. The second-order valence-electron chi connectivity index (χ2n) is 16.5. The van der Waals surface area contributed by atoms with Crippen LogP contribution in [-0.2, 0) is 10.8 Å². The molecule has 0 atom stereocenters. The van der Waals surface area contributed by atoms with Gasteiger partial charge in [0.2, 0.25) is 0 Å². The topological polar surface area (TPSA) is 3.24 Å². The third-order valence-electron chi connectivity index (χ3n) is 13.0. The van der Waals surface area contributed by atoms with Gasteiger partial charge in [-0.05, 0) is 120 Å². The third-order valence-corrected chi connectivity index (χ3v) is 13.0. The van der Waals surface area contributed by atoms with Crippen LogP contribution in [0.3, 0.4) is 0 Å². The van der Waals surface area contributed by atoms with Crippen LogP contribution in [0.15, 0.2) is 224 Å². The molecule has 0 heterocycles. The molecule has 0 radical (unpaired) electrons. The number of hydrogen-bond acceptors (Lipinski definition) is 1. The van der Waals surface area contributed by atoms with Crippen LogP contribution in [0.5, 0.6) is 0 Å². The molecule has 0 aromatic heterocycles. The monoisotopic (exact) mass is 753 g/mol. The van der Waals surface area contributed by atoms with Gasteiger partial charge in [0.25, 0.3) is 0 Å². The summed E-state index contributed by atoms with van der Waals surface area (Å²) in [6, 6.07) is 82.7. The zero-order valence-electron chi connectivity index (χ0n) is 33.3. The second-order valence-corrected chi connectivity index (χ2v) is 16.5. The number of benzene rings is 9. The highest BCUT2D eigenvalue weighted by Gasteiger charge is 2.45. The van der Waals surface area contributed by atoms with Crippen molar-refractivity contribution in [1.82, 2.24) is 0 Å². The fraction of sp³-hybridized carbons (Fsp3) is 0.0690. The van der Waals surface area contributed by atoms with E-state index in [9.17, 15) is 0 Å². The molecule has 1 nitrogen and oxygen atoms in total. The molecule has 9 aromatic rings. The van der Waals surface area contributed by atoms with Gasteiger partial charge in [-0.3, -0.25) is 0 Å². The fourth-order valence-electron chi connectivity index (χ4n) is 10.1. The van der Waals surface area contributed by atoms with E-state index in [0.717, 1.165) is 17.1 Å². The Bertz CT molecular complexity index is 2930. The van der Waals surface area contributed by atoms with Crippen LogP contribution in [0, 0.1) is 0 Å². The molecule has 0 unspecified atom stereocenters. The first-order chi connectivity index (χ1) is 29.0. The Labute approximate surface area is 347 Å². The maximum Gasteiger partial charge on any atom is 0.0713 e. The number of nitrogens with zero attached hydrogens (tertiary/aromatic N) is 1. The average molecular weight is 754 g/mol. The highest BCUT2D eigenvalue weighted by Crippen LogP contribution is 2.56. The smallest absolute Gasteiger partial charge is 0.0713 e. The van der Waals surface area contributed by atoms with Crippen LogP contribution < -0.4 is 4.90 Å². The van der Waals surface area contributed by atoms with Gasteiger partial charge in [0.1, 0.15) is 0 Å². The maximum atomic E-state index is 2.40. The predicted molar refractivity (Wildman–Crippen MR) is 247 cm³/mol. The van der Waals surface area contributed by atoms with Crippen LogP contribution in [0.25, 0.3) is 44.5 Å². The van der Waals surface area contributed by atoms with Crippen LogP contribution >= 0.6 is 0 Å². The Morgan fingerprint density at radius 2 is 0.661 bits per heavy atom. The number of rotatable bonds is 7. The van der Waals surface area contributed by atoms with E-state index >= 15 is 0 Å². The summed E-state index contributed by atoms with van der Waals surface area (Å²) in [5.74, 6) is 0. The molecule has 0 N–H and O–H groups in total. The summed E-state index contributed by atoms with van der Waals surface area (Å²) in [5, 5.41) is 0. The van der Waals surface area contributed by atoms with E-state index in [1.165, 1.54) is 77.9 Å². The molecule has 0 spiro atoms. The van der Waals surface area contributed by atoms with E-state index in [4.69, 9.17) is 0 Å². The molecule has 59 heavy (non-hydrogen) atoms. The summed E-state index contributed by atoms with van der Waals surface area (Å²) in [6.45, 7) is 4.69. The molecule has 0 saturated carbocycles. The number of para-hydroxylation sites is 1. The standard InChI is InChI=1S/C58H43N/c1-57(2)53-22-12-9-19-49(53)52-38-31-43(39-56(52)57)42-29-36-48(37-30-42)59(46-17-7-4-8-18-46)47-34-27-41(28-35-47)40-25-32-45(33-26-40)58(44-15-5-3-6-16-44)54-23-13-10-20-50(54)51-21-11-14-24-55(51)58/h3-39H,1-2H3. The van der Waals surface area contributed by atoms with Gasteiger partial charge >= 0.3 is 0 Å². The molecule has 11 rings (SSSR count). The van der Waals surface area contributed by atoms with Crippen LogP contribution in [0.1, 0.15) is 47.2 Å².